The van der Waals surface area contributed by atoms with E-state index in [1.165, 1.54) is 11.1 Å². The van der Waals surface area contributed by atoms with Crippen LogP contribution in [0.25, 0.3) is 0 Å². The number of carbonyl (C=O) groups is 2. The summed E-state index contributed by atoms with van der Waals surface area (Å²) in [5.74, 6) is -0.394. The Morgan fingerprint density at radius 3 is 2.77 bits per heavy atom. The lowest BCUT2D eigenvalue weighted by atomic mass is 9.76. The molecule has 0 N–H and O–H groups in total. The molecule has 3 aliphatic heterocycles. The van der Waals surface area contributed by atoms with E-state index in [4.69, 9.17) is 9.26 Å². The summed E-state index contributed by atoms with van der Waals surface area (Å²) in [5.41, 5.74) is 3.52. The molecule has 0 saturated carbocycles. The Balaban J connectivity index is 1.35. The summed E-state index contributed by atoms with van der Waals surface area (Å²) in [5, 5.41) is 3.98. The molecule has 2 bridgehead atoms. The van der Waals surface area contributed by atoms with Gasteiger partial charge in [0.05, 0.1) is 31.0 Å². The summed E-state index contributed by atoms with van der Waals surface area (Å²) in [4.78, 5) is 30.3. The molecule has 0 aliphatic carbocycles. The van der Waals surface area contributed by atoms with Gasteiger partial charge < -0.3 is 19.1 Å². The highest BCUT2D eigenvalue weighted by Crippen LogP contribution is 2.52. The molecule has 1 aromatic carbocycles. The fourth-order valence-electron chi connectivity index (χ4n) is 5.18. The van der Waals surface area contributed by atoms with Crippen molar-refractivity contribution in [3.05, 3.63) is 64.6 Å². The van der Waals surface area contributed by atoms with E-state index in [1.807, 2.05) is 30.0 Å². The average molecular weight is 421 g/mol. The molecule has 2 fully saturated rings. The van der Waals surface area contributed by atoms with E-state index in [1.54, 1.807) is 11.9 Å². The van der Waals surface area contributed by atoms with Crippen LogP contribution in [0.2, 0.25) is 0 Å². The zero-order valence-electron chi connectivity index (χ0n) is 18.3. The third-order valence-corrected chi connectivity index (χ3v) is 6.86. The molecule has 0 unspecified atom stereocenters. The van der Waals surface area contributed by atoms with Crippen molar-refractivity contribution in [2.24, 2.45) is 11.8 Å². The van der Waals surface area contributed by atoms with Crippen LogP contribution in [0.3, 0.4) is 0 Å². The van der Waals surface area contributed by atoms with Crippen LogP contribution in [-0.2, 0) is 27.4 Å². The number of aryl methyl sites for hydroxylation is 3. The number of hydrogen-bond donors (Lipinski definition) is 0. The van der Waals surface area contributed by atoms with E-state index >= 15 is 0 Å². The number of nitrogens with zero attached hydrogens (tertiary/aromatic N) is 3. The fraction of sp³-hybridized carbons (Fsp3) is 0.458. The number of benzene rings is 1. The lowest BCUT2D eigenvalue weighted by molar-refractivity contribution is -0.143. The van der Waals surface area contributed by atoms with Crippen molar-refractivity contribution in [2.45, 2.75) is 45.6 Å². The van der Waals surface area contributed by atoms with Crippen molar-refractivity contribution in [1.82, 2.24) is 15.0 Å². The summed E-state index contributed by atoms with van der Waals surface area (Å²) in [6.45, 7) is 7.31. The molecule has 4 atom stereocenters. The Morgan fingerprint density at radius 1 is 1.26 bits per heavy atom. The minimum Gasteiger partial charge on any atom is -0.361 e. The first-order valence-corrected chi connectivity index (χ1v) is 10.7. The second-order valence-electron chi connectivity index (χ2n) is 9.14. The highest BCUT2D eigenvalue weighted by Gasteiger charge is 2.67. The molecule has 2 aromatic rings. The van der Waals surface area contributed by atoms with Crippen molar-refractivity contribution < 1.29 is 18.8 Å². The maximum absolute atomic E-state index is 13.4. The smallest absolute Gasteiger partial charge is 0.230 e. The molecule has 2 saturated heterocycles. The minimum atomic E-state index is -0.701. The number of likely N-dealkylation sites (tertiary alicyclic amines) is 1. The molecule has 162 valence electrons. The molecular formula is C24H27N3O4. The van der Waals surface area contributed by atoms with Crippen LogP contribution in [0.1, 0.15) is 28.1 Å². The highest BCUT2D eigenvalue weighted by molar-refractivity contribution is 5.93. The van der Waals surface area contributed by atoms with E-state index in [-0.39, 0.29) is 17.9 Å². The van der Waals surface area contributed by atoms with Gasteiger partial charge >= 0.3 is 0 Å². The number of amides is 2. The maximum Gasteiger partial charge on any atom is 0.230 e. The molecule has 5 rings (SSSR count). The first-order chi connectivity index (χ1) is 14.8. The molecule has 7 nitrogen and oxygen atoms in total. The Kier molecular flexibility index (Phi) is 4.55. The highest BCUT2D eigenvalue weighted by atomic mass is 16.5. The average Bonchev–Trinajstić information content (AvgIpc) is 3.46. The molecular weight excluding hydrogens is 394 g/mol. The Hall–Kier alpha value is -2.93. The van der Waals surface area contributed by atoms with Crippen molar-refractivity contribution in [3.63, 3.8) is 0 Å². The van der Waals surface area contributed by atoms with Crippen LogP contribution in [0.15, 0.2) is 40.9 Å². The van der Waals surface area contributed by atoms with E-state index in [0.29, 0.717) is 31.1 Å². The van der Waals surface area contributed by atoms with Crippen molar-refractivity contribution >= 4 is 11.8 Å². The van der Waals surface area contributed by atoms with Crippen LogP contribution in [-0.4, -0.2) is 52.1 Å². The second kappa shape index (κ2) is 7.05. The minimum absolute atomic E-state index is 0.00545. The lowest BCUT2D eigenvalue weighted by Gasteiger charge is -2.27. The van der Waals surface area contributed by atoms with E-state index < -0.39 is 17.4 Å². The number of rotatable bonds is 5. The molecule has 3 aliphatic rings. The van der Waals surface area contributed by atoms with Crippen molar-refractivity contribution in [2.75, 3.05) is 13.6 Å². The van der Waals surface area contributed by atoms with Crippen molar-refractivity contribution in [1.29, 1.82) is 0 Å². The van der Waals surface area contributed by atoms with Gasteiger partial charge in [0.25, 0.3) is 0 Å². The molecule has 7 heteroatoms. The van der Waals surface area contributed by atoms with Gasteiger partial charge in [0.1, 0.15) is 17.1 Å². The first-order valence-electron chi connectivity index (χ1n) is 10.7. The maximum atomic E-state index is 13.4. The Bertz CT molecular complexity index is 1090. The largest absolute Gasteiger partial charge is 0.361 e. The van der Waals surface area contributed by atoms with Crippen LogP contribution in [0.4, 0.5) is 0 Å². The number of carbonyl (C=O) groups excluding carboxylic acids is 2. The molecule has 1 aromatic heterocycles. The van der Waals surface area contributed by atoms with Gasteiger partial charge in [-0.3, -0.25) is 9.59 Å². The summed E-state index contributed by atoms with van der Waals surface area (Å²) in [6, 6.07) is 8.08. The van der Waals surface area contributed by atoms with Gasteiger partial charge in [-0.05, 0) is 37.5 Å². The van der Waals surface area contributed by atoms with Crippen LogP contribution < -0.4 is 0 Å². The molecule has 4 heterocycles. The molecule has 0 radical (unpaired) electrons. The van der Waals surface area contributed by atoms with Crippen LogP contribution in [0.5, 0.6) is 0 Å². The summed E-state index contributed by atoms with van der Waals surface area (Å²) >= 11 is 0. The number of ether oxygens (including phenoxy) is 1. The molecule has 2 amide bonds. The van der Waals surface area contributed by atoms with Crippen LogP contribution in [0, 0.1) is 32.6 Å². The molecule has 31 heavy (non-hydrogen) atoms. The fourth-order valence-corrected chi connectivity index (χ4v) is 5.18. The Morgan fingerprint density at radius 2 is 2.06 bits per heavy atom. The monoisotopic (exact) mass is 421 g/mol. The van der Waals surface area contributed by atoms with Gasteiger partial charge in [0, 0.05) is 19.7 Å². The third kappa shape index (κ3) is 3.19. The van der Waals surface area contributed by atoms with E-state index in [9.17, 15) is 9.59 Å². The SMILES string of the molecule is Cc1cc(CN(C)C(=O)[C@H]2[C@@H]3C=C[C@@]4(CN(Cc5ccc(C)c(C)c5)C(=O)[C@H]24)O3)no1. The Labute approximate surface area is 181 Å². The summed E-state index contributed by atoms with van der Waals surface area (Å²) < 4.78 is 11.4. The number of aromatic nitrogens is 1. The summed E-state index contributed by atoms with van der Waals surface area (Å²) in [7, 11) is 1.74. The molecule has 1 spiro atoms. The predicted octanol–water partition coefficient (Wildman–Crippen LogP) is 2.54. The summed E-state index contributed by atoms with van der Waals surface area (Å²) in [6.07, 6.45) is 3.58. The van der Waals surface area contributed by atoms with Gasteiger partial charge in [-0.1, -0.05) is 35.5 Å². The number of fused-ring (bicyclic) bond motifs is 1. The van der Waals surface area contributed by atoms with Crippen molar-refractivity contribution in [3.8, 4) is 0 Å². The normalized spacial score (nSPS) is 28.5. The lowest BCUT2D eigenvalue weighted by Crippen LogP contribution is -2.44. The zero-order valence-corrected chi connectivity index (χ0v) is 18.3. The van der Waals surface area contributed by atoms with Gasteiger partial charge in [-0.15, -0.1) is 0 Å². The zero-order chi connectivity index (χ0) is 21.9. The van der Waals surface area contributed by atoms with Gasteiger partial charge in [-0.2, -0.15) is 0 Å². The van der Waals surface area contributed by atoms with E-state index in [2.05, 4.69) is 37.2 Å². The van der Waals surface area contributed by atoms with Gasteiger partial charge in [0.15, 0.2) is 0 Å². The van der Waals surface area contributed by atoms with E-state index in [0.717, 1.165) is 5.56 Å². The van der Waals surface area contributed by atoms with Crippen LogP contribution >= 0.6 is 0 Å². The van der Waals surface area contributed by atoms with Gasteiger partial charge in [0.2, 0.25) is 11.8 Å². The topological polar surface area (TPSA) is 75.9 Å². The second-order valence-corrected chi connectivity index (χ2v) is 9.14. The standard InChI is InChI=1S/C24H27N3O4/c1-14-5-6-17(9-15(14)2)11-27-13-24-8-7-19(30-24)20(21(24)23(27)29)22(28)26(4)12-18-10-16(3)31-25-18/h5-10,19-21H,11-13H2,1-4H3/t19-,20-,21-,24-/m0/s1. The first kappa shape index (κ1) is 20.0. The van der Waals surface area contributed by atoms with Gasteiger partial charge in [-0.25, -0.2) is 0 Å². The number of hydrogen-bond acceptors (Lipinski definition) is 5. The predicted molar refractivity (Wildman–Crippen MR) is 113 cm³/mol. The quantitative estimate of drug-likeness (QED) is 0.694. The third-order valence-electron chi connectivity index (χ3n) is 6.86.